The lowest BCUT2D eigenvalue weighted by Gasteiger charge is -2.18. The molecule has 6 rings (SSSR count). The van der Waals surface area contributed by atoms with Gasteiger partial charge in [0, 0.05) is 16.8 Å². The van der Waals surface area contributed by atoms with Crippen LogP contribution in [0.4, 0.5) is 0 Å². The highest BCUT2D eigenvalue weighted by Gasteiger charge is 2.17. The molecule has 0 saturated heterocycles. The summed E-state index contributed by atoms with van der Waals surface area (Å²) in [7, 11) is 0. The number of hydrogen-bond acceptors (Lipinski definition) is 0. The van der Waals surface area contributed by atoms with Gasteiger partial charge in [-0.05, 0) is 79.4 Å². The lowest BCUT2D eigenvalue weighted by molar-refractivity contribution is 1.09. The van der Waals surface area contributed by atoms with Gasteiger partial charge in [0.05, 0.1) is 11.4 Å². The van der Waals surface area contributed by atoms with Crippen LogP contribution in [0.25, 0.3) is 52.5 Å². The zero-order chi connectivity index (χ0) is 28.9. The van der Waals surface area contributed by atoms with Gasteiger partial charge in [-0.15, -0.1) is 0 Å². The van der Waals surface area contributed by atoms with Crippen LogP contribution in [-0.4, -0.2) is 4.57 Å². The van der Waals surface area contributed by atoms with Crippen molar-refractivity contribution < 1.29 is 0 Å². The first-order chi connectivity index (χ1) is 20.5. The Hall–Kier alpha value is -5.14. The molecule has 0 N–H and O–H groups in total. The van der Waals surface area contributed by atoms with Crippen molar-refractivity contribution in [3.63, 3.8) is 0 Å². The summed E-state index contributed by atoms with van der Waals surface area (Å²) in [6.45, 7) is 6.48. The molecule has 0 unspecified atom stereocenters. The topological polar surface area (TPSA) is 4.93 Å². The first-order valence-electron chi connectivity index (χ1n) is 14.5. The number of rotatable bonds is 7. The Morgan fingerprint density at radius 3 is 1.29 bits per heavy atom. The molecule has 0 saturated carbocycles. The zero-order valence-electron chi connectivity index (χ0n) is 24.5. The average molecular weight is 542 g/mol. The second-order valence-corrected chi connectivity index (χ2v) is 10.9. The van der Waals surface area contributed by atoms with Crippen LogP contribution in [0.15, 0.2) is 133 Å². The van der Waals surface area contributed by atoms with E-state index in [-0.39, 0.29) is 0 Å². The van der Waals surface area contributed by atoms with E-state index in [4.69, 9.17) is 0 Å². The Kier molecular flexibility index (Phi) is 7.83. The Morgan fingerprint density at radius 2 is 0.833 bits per heavy atom. The molecule has 0 spiro atoms. The van der Waals surface area contributed by atoms with E-state index in [1.807, 2.05) is 0 Å². The first-order valence-corrected chi connectivity index (χ1v) is 14.5. The molecule has 42 heavy (non-hydrogen) atoms. The van der Waals surface area contributed by atoms with Crippen LogP contribution in [-0.2, 0) is 0 Å². The molecule has 0 aliphatic carbocycles. The third-order valence-electron chi connectivity index (χ3n) is 7.65. The highest BCUT2D eigenvalue weighted by Crippen LogP contribution is 2.37. The van der Waals surface area contributed by atoms with E-state index >= 15 is 0 Å². The van der Waals surface area contributed by atoms with Gasteiger partial charge in [0.2, 0.25) is 0 Å². The van der Waals surface area contributed by atoms with E-state index in [1.54, 1.807) is 0 Å². The van der Waals surface area contributed by atoms with Crippen molar-refractivity contribution in [3.05, 3.63) is 172 Å². The van der Waals surface area contributed by atoms with Crippen LogP contribution in [0.5, 0.6) is 0 Å². The molecule has 1 heteroatoms. The molecule has 1 heterocycles. The van der Waals surface area contributed by atoms with Gasteiger partial charge in [-0.2, -0.15) is 0 Å². The van der Waals surface area contributed by atoms with Crippen LogP contribution in [0.2, 0.25) is 0 Å². The van der Waals surface area contributed by atoms with Crippen molar-refractivity contribution in [1.82, 2.24) is 4.57 Å². The van der Waals surface area contributed by atoms with Crippen molar-refractivity contribution in [1.29, 1.82) is 0 Å². The van der Waals surface area contributed by atoms with Crippen molar-refractivity contribution in [2.24, 2.45) is 0 Å². The third-order valence-corrected chi connectivity index (χ3v) is 7.65. The van der Waals surface area contributed by atoms with Crippen LogP contribution in [0.1, 0.15) is 38.9 Å². The maximum atomic E-state index is 2.42. The number of nitrogens with zero attached hydrogens (tertiary/aromatic N) is 1. The maximum absolute atomic E-state index is 2.42. The Bertz CT molecular complexity index is 1750. The molecule has 0 atom stereocenters. The quantitative estimate of drug-likeness (QED) is 0.177. The van der Waals surface area contributed by atoms with Crippen molar-refractivity contribution in [3.8, 4) is 28.2 Å². The van der Waals surface area contributed by atoms with Gasteiger partial charge in [-0.25, -0.2) is 0 Å². The summed E-state index contributed by atoms with van der Waals surface area (Å²) in [5.41, 5.74) is 14.4. The van der Waals surface area contributed by atoms with Crippen LogP contribution < -0.4 is 0 Å². The predicted octanol–water partition coefficient (Wildman–Crippen LogP) is 11.1. The molecular weight excluding hydrogens is 506 g/mol. The molecule has 0 radical (unpaired) electrons. The molecule has 5 aromatic carbocycles. The highest BCUT2D eigenvalue weighted by molar-refractivity contribution is 5.86. The summed E-state index contributed by atoms with van der Waals surface area (Å²) in [5, 5.41) is 0. The molecule has 0 bridgehead atoms. The second-order valence-electron chi connectivity index (χ2n) is 10.9. The summed E-state index contributed by atoms with van der Waals surface area (Å²) >= 11 is 0. The van der Waals surface area contributed by atoms with Crippen LogP contribution >= 0.6 is 0 Å². The Morgan fingerprint density at radius 1 is 0.405 bits per heavy atom. The van der Waals surface area contributed by atoms with Gasteiger partial charge >= 0.3 is 0 Å². The molecule has 1 aromatic heterocycles. The van der Waals surface area contributed by atoms with E-state index in [0.29, 0.717) is 0 Å². The van der Waals surface area contributed by atoms with E-state index in [0.717, 1.165) is 5.69 Å². The van der Waals surface area contributed by atoms with Crippen molar-refractivity contribution >= 4 is 24.3 Å². The van der Waals surface area contributed by atoms with E-state index in [9.17, 15) is 0 Å². The van der Waals surface area contributed by atoms with Crippen molar-refractivity contribution in [2.45, 2.75) is 20.8 Å². The number of aryl methyl sites for hydroxylation is 3. The zero-order valence-corrected chi connectivity index (χ0v) is 24.5. The lowest BCUT2D eigenvalue weighted by atomic mass is 9.99. The summed E-state index contributed by atoms with van der Waals surface area (Å²) in [6.07, 6.45) is 8.86. The van der Waals surface area contributed by atoms with Crippen LogP contribution in [0, 0.1) is 20.8 Å². The summed E-state index contributed by atoms with van der Waals surface area (Å²) in [6, 6.07) is 47.9. The minimum atomic E-state index is 1.15. The largest absolute Gasteiger partial charge is 0.309 e. The molecule has 1 nitrogen and oxygen atoms in total. The van der Waals surface area contributed by atoms with E-state index < -0.39 is 0 Å². The van der Waals surface area contributed by atoms with Gasteiger partial charge in [0.1, 0.15) is 0 Å². The monoisotopic (exact) mass is 541 g/mol. The van der Waals surface area contributed by atoms with Gasteiger partial charge in [-0.3, -0.25) is 0 Å². The second kappa shape index (κ2) is 12.2. The maximum Gasteiger partial charge on any atom is 0.0541 e. The first kappa shape index (κ1) is 27.1. The van der Waals surface area contributed by atoms with E-state index in [2.05, 4.69) is 183 Å². The van der Waals surface area contributed by atoms with Crippen LogP contribution in [0.3, 0.4) is 0 Å². The SMILES string of the molecule is Cc1ccc(-n2c(-c3cc(C)ccc3C=Cc3ccccc3)ccc2-c2cc(C)ccc2C=Cc2ccccc2)cc1. The van der Waals surface area contributed by atoms with Crippen molar-refractivity contribution in [2.75, 3.05) is 0 Å². The molecular formula is C41H35N. The minimum Gasteiger partial charge on any atom is -0.309 e. The Labute approximate surface area is 249 Å². The number of benzene rings is 5. The predicted molar refractivity (Wildman–Crippen MR) is 182 cm³/mol. The van der Waals surface area contributed by atoms with Gasteiger partial charge in [0.15, 0.2) is 0 Å². The molecule has 0 amide bonds. The molecule has 6 aromatic rings. The molecule has 0 fully saturated rings. The van der Waals surface area contributed by atoms with Gasteiger partial charge in [0.25, 0.3) is 0 Å². The summed E-state index contributed by atoms with van der Waals surface area (Å²) < 4.78 is 2.42. The molecule has 204 valence electrons. The minimum absolute atomic E-state index is 1.15. The molecule has 0 aliphatic heterocycles. The summed E-state index contributed by atoms with van der Waals surface area (Å²) in [4.78, 5) is 0. The standard InChI is InChI=1S/C41H35N/c1-30-16-24-37(25-17-30)42-40(38-28-31(2)14-20-35(38)22-18-33-10-6-4-7-11-33)26-27-41(42)39-29-32(3)15-21-36(39)23-19-34-12-8-5-9-13-34/h4-29H,1-3H3. The van der Waals surface area contributed by atoms with E-state index in [1.165, 1.54) is 61.5 Å². The highest BCUT2D eigenvalue weighted by atomic mass is 15.0. The average Bonchev–Trinajstić information content (AvgIpc) is 3.46. The van der Waals surface area contributed by atoms with Gasteiger partial charge < -0.3 is 4.57 Å². The summed E-state index contributed by atoms with van der Waals surface area (Å²) in [5.74, 6) is 0. The number of hydrogen-bond donors (Lipinski definition) is 0. The molecule has 0 aliphatic rings. The Balaban J connectivity index is 1.54. The fourth-order valence-electron chi connectivity index (χ4n) is 5.40. The normalized spacial score (nSPS) is 11.5. The van der Waals surface area contributed by atoms with Gasteiger partial charge in [-0.1, -0.05) is 138 Å². The fraction of sp³-hybridized carbons (Fsp3) is 0.0732. The smallest absolute Gasteiger partial charge is 0.0541 e. The lowest BCUT2D eigenvalue weighted by Crippen LogP contribution is -2.01. The third kappa shape index (κ3) is 5.96. The fourth-order valence-corrected chi connectivity index (χ4v) is 5.40. The number of aromatic nitrogens is 1.